The number of hydrogen-bond acceptors (Lipinski definition) is 7. The average Bonchev–Trinajstić information content (AvgIpc) is 2.79. The Labute approximate surface area is 184 Å². The van der Waals surface area contributed by atoms with Crippen molar-refractivity contribution in [3.63, 3.8) is 0 Å². The topological polar surface area (TPSA) is 128 Å². The normalized spacial score (nSPS) is 16.4. The zero-order chi connectivity index (χ0) is 22.5. The van der Waals surface area contributed by atoms with Gasteiger partial charge < -0.3 is 9.47 Å². The molecule has 3 aromatic rings. The maximum atomic E-state index is 12.7. The molecule has 0 spiro atoms. The lowest BCUT2D eigenvalue weighted by atomic mass is 9.98. The molecule has 11 heteroatoms. The SMILES string of the molecule is COc1ccc2c3c(cnc2n1)COC(=O)N3Cc1ccc2c(c1)CN(S(N)(=O)=O)CC2. The second-order valence-corrected chi connectivity index (χ2v) is 9.28. The summed E-state index contributed by atoms with van der Waals surface area (Å²) in [5.41, 5.74) is 4.74. The number of nitrogens with two attached hydrogens (primary N) is 1. The molecule has 2 aromatic heterocycles. The van der Waals surface area contributed by atoms with Gasteiger partial charge in [0.1, 0.15) is 6.61 Å². The third-order valence-corrected chi connectivity index (χ3v) is 6.78. The smallest absolute Gasteiger partial charge is 0.414 e. The number of methoxy groups -OCH3 is 1. The maximum Gasteiger partial charge on any atom is 0.414 e. The van der Waals surface area contributed by atoms with Crippen molar-refractivity contribution in [2.75, 3.05) is 18.6 Å². The third kappa shape index (κ3) is 3.64. The predicted molar refractivity (Wildman–Crippen MR) is 116 cm³/mol. The molecule has 0 saturated carbocycles. The zero-order valence-electron chi connectivity index (χ0n) is 17.3. The first-order chi connectivity index (χ1) is 15.3. The van der Waals surface area contributed by atoms with E-state index in [9.17, 15) is 13.2 Å². The molecular weight excluding hydrogens is 434 g/mol. The number of rotatable bonds is 4. The summed E-state index contributed by atoms with van der Waals surface area (Å²) in [7, 11) is -2.23. The molecule has 2 N–H and O–H groups in total. The molecule has 32 heavy (non-hydrogen) atoms. The fourth-order valence-electron chi connectivity index (χ4n) is 4.16. The van der Waals surface area contributed by atoms with E-state index in [1.54, 1.807) is 17.2 Å². The molecule has 4 heterocycles. The number of cyclic esters (lactones) is 1. The van der Waals surface area contributed by atoms with Crippen LogP contribution < -0.4 is 14.8 Å². The monoisotopic (exact) mass is 455 g/mol. The summed E-state index contributed by atoms with van der Waals surface area (Å²) in [6.45, 7) is 0.943. The fraction of sp³-hybridized carbons (Fsp3) is 0.286. The van der Waals surface area contributed by atoms with E-state index in [-0.39, 0.29) is 19.7 Å². The standard InChI is InChI=1S/C21H21N5O5S/c1-30-18-5-4-17-19-16(9-23-20(17)24-18)12-31-21(27)26(19)10-13-2-3-14-6-7-25(32(22,28)29)11-15(14)8-13/h2-5,8-9H,6-7,10-12H2,1H3,(H2,22,28,29). The minimum atomic E-state index is -3.76. The second-order valence-electron chi connectivity index (χ2n) is 7.73. The van der Waals surface area contributed by atoms with Crippen LogP contribution in [-0.2, 0) is 41.1 Å². The average molecular weight is 455 g/mol. The van der Waals surface area contributed by atoms with E-state index >= 15 is 0 Å². The second kappa shape index (κ2) is 7.69. The van der Waals surface area contributed by atoms with Gasteiger partial charge in [-0.2, -0.15) is 17.7 Å². The van der Waals surface area contributed by atoms with Crippen molar-refractivity contribution in [2.24, 2.45) is 5.14 Å². The molecule has 1 amide bonds. The van der Waals surface area contributed by atoms with Crippen molar-refractivity contribution in [3.05, 3.63) is 58.8 Å². The number of ether oxygens (including phenoxy) is 2. The molecule has 2 aliphatic rings. The van der Waals surface area contributed by atoms with Crippen LogP contribution >= 0.6 is 0 Å². The number of pyridine rings is 2. The lowest BCUT2D eigenvalue weighted by molar-refractivity contribution is 0.141. The minimum absolute atomic E-state index is 0.132. The van der Waals surface area contributed by atoms with Crippen molar-refractivity contribution >= 4 is 33.0 Å². The molecule has 1 aromatic carbocycles. The van der Waals surface area contributed by atoms with Gasteiger partial charge >= 0.3 is 6.09 Å². The highest BCUT2D eigenvalue weighted by Gasteiger charge is 2.30. The summed E-state index contributed by atoms with van der Waals surface area (Å²) in [6, 6.07) is 9.38. The first-order valence-corrected chi connectivity index (χ1v) is 11.5. The zero-order valence-corrected chi connectivity index (χ0v) is 18.1. The van der Waals surface area contributed by atoms with Crippen LogP contribution in [0.15, 0.2) is 36.5 Å². The van der Waals surface area contributed by atoms with Gasteiger partial charge in [0.25, 0.3) is 10.2 Å². The van der Waals surface area contributed by atoms with Gasteiger partial charge in [-0.15, -0.1) is 0 Å². The molecule has 166 valence electrons. The Morgan fingerprint density at radius 2 is 2.03 bits per heavy atom. The Morgan fingerprint density at radius 3 is 2.81 bits per heavy atom. The highest BCUT2D eigenvalue weighted by Crippen LogP contribution is 2.35. The summed E-state index contributed by atoms with van der Waals surface area (Å²) < 4.78 is 35.3. The Hall–Kier alpha value is -3.28. The van der Waals surface area contributed by atoms with E-state index in [1.165, 1.54) is 11.4 Å². The number of fused-ring (bicyclic) bond motifs is 4. The van der Waals surface area contributed by atoms with Gasteiger partial charge in [0.2, 0.25) is 5.88 Å². The Balaban J connectivity index is 1.52. The molecule has 0 aliphatic carbocycles. The number of aromatic nitrogens is 2. The van der Waals surface area contributed by atoms with Crippen molar-refractivity contribution < 1.29 is 22.7 Å². The summed E-state index contributed by atoms with van der Waals surface area (Å²) in [5.74, 6) is 0.434. The number of carbonyl (C=O) groups is 1. The van der Waals surface area contributed by atoms with Gasteiger partial charge in [-0.05, 0) is 29.2 Å². The van der Waals surface area contributed by atoms with E-state index < -0.39 is 16.3 Å². The summed E-state index contributed by atoms with van der Waals surface area (Å²) >= 11 is 0. The predicted octanol–water partition coefficient (Wildman–Crippen LogP) is 1.86. The number of carbonyl (C=O) groups excluding carboxylic acids is 1. The Morgan fingerprint density at radius 1 is 1.19 bits per heavy atom. The van der Waals surface area contributed by atoms with Crippen molar-refractivity contribution in [1.29, 1.82) is 0 Å². The lowest BCUT2D eigenvalue weighted by Crippen LogP contribution is -2.40. The number of anilines is 1. The van der Waals surface area contributed by atoms with Gasteiger partial charge in [0.05, 0.1) is 19.3 Å². The van der Waals surface area contributed by atoms with Gasteiger partial charge in [-0.1, -0.05) is 18.2 Å². The summed E-state index contributed by atoms with van der Waals surface area (Å²) in [5, 5.41) is 6.03. The van der Waals surface area contributed by atoms with Crippen LogP contribution in [0.3, 0.4) is 0 Å². The third-order valence-electron chi connectivity index (χ3n) is 5.75. The van der Waals surface area contributed by atoms with Crippen LogP contribution in [0.4, 0.5) is 10.5 Å². The fourth-order valence-corrected chi connectivity index (χ4v) is 4.83. The van der Waals surface area contributed by atoms with E-state index in [2.05, 4.69) is 9.97 Å². The summed E-state index contributed by atoms with van der Waals surface area (Å²) in [6.07, 6.45) is 1.77. The molecule has 0 unspecified atom stereocenters. The first-order valence-electron chi connectivity index (χ1n) is 9.99. The number of amides is 1. The molecule has 0 saturated heterocycles. The van der Waals surface area contributed by atoms with Crippen LogP contribution in [-0.4, -0.2) is 42.4 Å². The minimum Gasteiger partial charge on any atom is -0.481 e. The van der Waals surface area contributed by atoms with Crippen LogP contribution in [0.25, 0.3) is 11.0 Å². The van der Waals surface area contributed by atoms with E-state index in [4.69, 9.17) is 14.6 Å². The van der Waals surface area contributed by atoms with Crippen molar-refractivity contribution in [1.82, 2.24) is 14.3 Å². The van der Waals surface area contributed by atoms with Crippen LogP contribution in [0.1, 0.15) is 22.3 Å². The van der Waals surface area contributed by atoms with Gasteiger partial charge in [0.15, 0.2) is 5.65 Å². The van der Waals surface area contributed by atoms with E-state index in [0.717, 1.165) is 27.6 Å². The highest BCUT2D eigenvalue weighted by atomic mass is 32.2. The largest absolute Gasteiger partial charge is 0.481 e. The summed E-state index contributed by atoms with van der Waals surface area (Å²) in [4.78, 5) is 23.0. The van der Waals surface area contributed by atoms with E-state index in [0.29, 0.717) is 30.2 Å². The van der Waals surface area contributed by atoms with Crippen LogP contribution in [0, 0.1) is 0 Å². The molecule has 0 fully saturated rings. The van der Waals surface area contributed by atoms with Crippen LogP contribution in [0.5, 0.6) is 5.88 Å². The van der Waals surface area contributed by atoms with Crippen molar-refractivity contribution in [3.8, 4) is 5.88 Å². The molecule has 10 nitrogen and oxygen atoms in total. The number of benzene rings is 1. The Bertz CT molecular complexity index is 1340. The van der Waals surface area contributed by atoms with E-state index in [1.807, 2.05) is 24.3 Å². The van der Waals surface area contributed by atoms with Gasteiger partial charge in [-0.25, -0.2) is 14.9 Å². The number of hydrogen-bond donors (Lipinski definition) is 1. The molecular formula is C21H21N5O5S. The highest BCUT2D eigenvalue weighted by molar-refractivity contribution is 7.86. The molecule has 0 bridgehead atoms. The molecule has 0 radical (unpaired) electrons. The molecule has 0 atom stereocenters. The van der Waals surface area contributed by atoms with Gasteiger partial charge in [0, 0.05) is 36.3 Å². The lowest BCUT2D eigenvalue weighted by Gasteiger charge is -2.31. The molecule has 5 rings (SSSR count). The van der Waals surface area contributed by atoms with Crippen molar-refractivity contribution in [2.45, 2.75) is 26.1 Å². The van der Waals surface area contributed by atoms with Gasteiger partial charge in [-0.3, -0.25) is 4.90 Å². The maximum absolute atomic E-state index is 12.7. The number of nitrogens with zero attached hydrogens (tertiary/aromatic N) is 4. The Kier molecular flexibility index (Phi) is 4.96. The van der Waals surface area contributed by atoms with Crippen LogP contribution in [0.2, 0.25) is 0 Å². The first kappa shape index (κ1) is 20.6. The quantitative estimate of drug-likeness (QED) is 0.636. The molecule has 2 aliphatic heterocycles.